The average Bonchev–Trinajstić information content (AvgIpc) is 2.56. The highest BCUT2D eigenvalue weighted by Crippen LogP contribution is 2.08. The van der Waals surface area contributed by atoms with Gasteiger partial charge in [-0.15, -0.1) is 0 Å². The number of nitrogens with zero attached hydrogens (tertiary/aromatic N) is 2. The van der Waals surface area contributed by atoms with E-state index in [0.717, 1.165) is 4.90 Å². The number of morpholine rings is 1. The van der Waals surface area contributed by atoms with Crippen LogP contribution in [0.3, 0.4) is 0 Å². The van der Waals surface area contributed by atoms with E-state index < -0.39 is 0 Å². The Labute approximate surface area is 135 Å². The van der Waals surface area contributed by atoms with Crippen molar-refractivity contribution in [1.82, 2.24) is 4.90 Å². The first kappa shape index (κ1) is 16.9. The molecule has 1 aromatic rings. The van der Waals surface area contributed by atoms with Crippen molar-refractivity contribution in [2.45, 2.75) is 0 Å². The number of ether oxygens (including phenoxy) is 1. The van der Waals surface area contributed by atoms with E-state index in [4.69, 9.17) is 10.00 Å². The maximum Gasteiger partial charge on any atom is 0.279 e. The van der Waals surface area contributed by atoms with Gasteiger partial charge in [-0.1, -0.05) is 0 Å². The van der Waals surface area contributed by atoms with Gasteiger partial charge in [0.15, 0.2) is 13.1 Å². The Morgan fingerprint density at radius 2 is 1.91 bits per heavy atom. The zero-order valence-corrected chi connectivity index (χ0v) is 13.2. The van der Waals surface area contributed by atoms with E-state index in [1.54, 1.807) is 29.2 Å². The molecule has 1 fully saturated rings. The first-order valence-electron chi connectivity index (χ1n) is 7.55. The second kappa shape index (κ2) is 8.27. The number of nitriles is 1. The quantitative estimate of drug-likeness (QED) is 0.719. The summed E-state index contributed by atoms with van der Waals surface area (Å²) in [5.41, 5.74) is 1.18. The summed E-state index contributed by atoms with van der Waals surface area (Å²) in [5.74, 6) is -0.126. The highest BCUT2D eigenvalue weighted by molar-refractivity contribution is 5.91. The molecule has 0 aliphatic carbocycles. The van der Waals surface area contributed by atoms with Gasteiger partial charge in [0.25, 0.3) is 11.8 Å². The summed E-state index contributed by atoms with van der Waals surface area (Å²) in [4.78, 5) is 26.7. The lowest BCUT2D eigenvalue weighted by Gasteiger charge is -2.27. The molecular weight excluding hydrogens is 296 g/mol. The van der Waals surface area contributed by atoms with E-state index in [9.17, 15) is 9.59 Å². The third-order valence-electron chi connectivity index (χ3n) is 3.58. The fraction of sp³-hybridized carbons (Fsp3) is 0.438. The monoisotopic (exact) mass is 317 g/mol. The van der Waals surface area contributed by atoms with Crippen LogP contribution in [-0.4, -0.2) is 63.2 Å². The number of carbonyl (C=O) groups excluding carboxylic acids is 2. The zero-order chi connectivity index (χ0) is 16.7. The molecule has 0 radical (unpaired) electrons. The minimum atomic E-state index is -0.165. The van der Waals surface area contributed by atoms with Crippen molar-refractivity contribution in [2.24, 2.45) is 0 Å². The average molecular weight is 317 g/mol. The van der Waals surface area contributed by atoms with Gasteiger partial charge in [0.2, 0.25) is 0 Å². The van der Waals surface area contributed by atoms with Crippen LogP contribution in [0.5, 0.6) is 0 Å². The smallest absolute Gasteiger partial charge is 0.279 e. The Kier molecular flexibility index (Phi) is 6.09. The van der Waals surface area contributed by atoms with E-state index in [0.29, 0.717) is 37.6 Å². The molecule has 2 N–H and O–H groups in total. The molecule has 0 spiro atoms. The Morgan fingerprint density at radius 1 is 1.26 bits per heavy atom. The second-order valence-corrected chi connectivity index (χ2v) is 5.54. The summed E-state index contributed by atoms with van der Waals surface area (Å²) < 4.78 is 5.22. The number of hydrogen-bond donors (Lipinski definition) is 2. The van der Waals surface area contributed by atoms with Crippen LogP contribution in [0.25, 0.3) is 0 Å². The van der Waals surface area contributed by atoms with E-state index >= 15 is 0 Å². The lowest BCUT2D eigenvalue weighted by atomic mass is 10.2. The molecule has 2 rings (SSSR count). The molecule has 1 aliphatic rings. The molecule has 1 atom stereocenters. The minimum Gasteiger partial charge on any atom is -0.378 e. The summed E-state index contributed by atoms with van der Waals surface area (Å²) >= 11 is 0. The Balaban J connectivity index is 1.77. The predicted octanol–water partition coefficient (Wildman–Crippen LogP) is -1.13. The third kappa shape index (κ3) is 5.36. The summed E-state index contributed by atoms with van der Waals surface area (Å²) in [5, 5.41) is 11.5. The fourth-order valence-electron chi connectivity index (χ4n) is 2.35. The number of nitrogens with one attached hydrogen (secondary N) is 2. The number of rotatable bonds is 5. The van der Waals surface area contributed by atoms with Crippen molar-refractivity contribution in [1.29, 1.82) is 5.26 Å². The molecule has 1 aromatic carbocycles. The number of anilines is 1. The minimum absolute atomic E-state index is 0.0389. The van der Waals surface area contributed by atoms with Crippen molar-refractivity contribution in [3.05, 3.63) is 29.8 Å². The molecule has 23 heavy (non-hydrogen) atoms. The van der Waals surface area contributed by atoms with Gasteiger partial charge < -0.3 is 19.9 Å². The Bertz CT molecular complexity index is 588. The lowest BCUT2D eigenvalue weighted by Crippen LogP contribution is -3.11. The van der Waals surface area contributed by atoms with Crippen LogP contribution in [0.1, 0.15) is 5.56 Å². The van der Waals surface area contributed by atoms with E-state index in [-0.39, 0.29) is 24.9 Å². The molecular formula is C16H21N4O3+. The van der Waals surface area contributed by atoms with Gasteiger partial charge in [0, 0.05) is 18.8 Å². The number of quaternary nitrogens is 1. The predicted molar refractivity (Wildman–Crippen MR) is 83.8 cm³/mol. The molecule has 0 saturated carbocycles. The highest BCUT2D eigenvalue weighted by Gasteiger charge is 2.21. The maximum absolute atomic E-state index is 12.1. The van der Waals surface area contributed by atoms with Crippen molar-refractivity contribution in [2.75, 3.05) is 51.8 Å². The molecule has 2 amide bonds. The van der Waals surface area contributed by atoms with E-state index in [1.807, 2.05) is 13.1 Å². The number of amides is 2. The maximum atomic E-state index is 12.1. The summed E-state index contributed by atoms with van der Waals surface area (Å²) in [6.45, 7) is 2.86. The van der Waals surface area contributed by atoms with Crippen LogP contribution in [0.4, 0.5) is 5.69 Å². The largest absolute Gasteiger partial charge is 0.378 e. The lowest BCUT2D eigenvalue weighted by molar-refractivity contribution is -0.862. The van der Waals surface area contributed by atoms with Crippen LogP contribution in [-0.2, 0) is 14.3 Å². The van der Waals surface area contributed by atoms with Crippen molar-refractivity contribution in [3.63, 3.8) is 0 Å². The number of hydrogen-bond acceptors (Lipinski definition) is 4. The highest BCUT2D eigenvalue weighted by atomic mass is 16.5. The van der Waals surface area contributed by atoms with Gasteiger partial charge in [0.1, 0.15) is 0 Å². The van der Waals surface area contributed by atoms with Gasteiger partial charge in [-0.3, -0.25) is 9.59 Å². The van der Waals surface area contributed by atoms with Crippen LogP contribution < -0.4 is 10.2 Å². The SMILES string of the molecule is C[NH+](CC(=O)Nc1ccc(C#N)cc1)CC(=O)N1CCOCC1. The Morgan fingerprint density at radius 3 is 2.52 bits per heavy atom. The van der Waals surface area contributed by atoms with Crippen molar-refractivity contribution >= 4 is 17.5 Å². The molecule has 1 heterocycles. The summed E-state index contributed by atoms with van der Waals surface area (Å²) in [6.07, 6.45) is 0. The van der Waals surface area contributed by atoms with Crippen LogP contribution in [0.15, 0.2) is 24.3 Å². The van der Waals surface area contributed by atoms with Gasteiger partial charge in [-0.25, -0.2) is 0 Å². The normalized spacial score (nSPS) is 15.6. The molecule has 0 bridgehead atoms. The standard InChI is InChI=1S/C16H20N4O3/c1-19(12-16(22)20-6-8-23-9-7-20)11-15(21)18-14-4-2-13(10-17)3-5-14/h2-5H,6-9,11-12H2,1H3,(H,18,21)/p+1. The first-order valence-corrected chi connectivity index (χ1v) is 7.55. The molecule has 1 unspecified atom stereocenters. The number of benzene rings is 1. The molecule has 1 saturated heterocycles. The molecule has 7 heteroatoms. The number of likely N-dealkylation sites (N-methyl/N-ethyl adjacent to an activating group) is 1. The topological polar surface area (TPSA) is 86.9 Å². The fourth-order valence-corrected chi connectivity index (χ4v) is 2.35. The molecule has 122 valence electrons. The second-order valence-electron chi connectivity index (χ2n) is 5.54. The van der Waals surface area contributed by atoms with Gasteiger partial charge in [-0.05, 0) is 24.3 Å². The van der Waals surface area contributed by atoms with Crippen LogP contribution in [0.2, 0.25) is 0 Å². The number of carbonyl (C=O) groups is 2. The zero-order valence-electron chi connectivity index (χ0n) is 13.2. The van der Waals surface area contributed by atoms with E-state index in [1.165, 1.54) is 0 Å². The molecule has 0 aromatic heterocycles. The van der Waals surface area contributed by atoms with Gasteiger partial charge >= 0.3 is 0 Å². The Hall–Kier alpha value is -2.43. The van der Waals surface area contributed by atoms with E-state index in [2.05, 4.69) is 5.32 Å². The van der Waals surface area contributed by atoms with Crippen molar-refractivity contribution in [3.8, 4) is 6.07 Å². The van der Waals surface area contributed by atoms with Gasteiger partial charge in [-0.2, -0.15) is 5.26 Å². The third-order valence-corrected chi connectivity index (χ3v) is 3.58. The first-order chi connectivity index (χ1) is 11.1. The van der Waals surface area contributed by atoms with Gasteiger partial charge in [0.05, 0.1) is 31.9 Å². The summed E-state index contributed by atoms with van der Waals surface area (Å²) in [6, 6.07) is 8.69. The van der Waals surface area contributed by atoms with Crippen LogP contribution in [0, 0.1) is 11.3 Å². The van der Waals surface area contributed by atoms with Crippen LogP contribution >= 0.6 is 0 Å². The van der Waals surface area contributed by atoms with Crippen molar-refractivity contribution < 1.29 is 19.2 Å². The molecule has 1 aliphatic heterocycles. The summed E-state index contributed by atoms with van der Waals surface area (Å²) in [7, 11) is 1.82. The molecule has 7 nitrogen and oxygen atoms in total.